The van der Waals surface area contributed by atoms with Gasteiger partial charge in [0.05, 0.1) is 14.9 Å². The van der Waals surface area contributed by atoms with E-state index in [1.54, 1.807) is 18.2 Å². The average Bonchev–Trinajstić information content (AvgIpc) is 2.98. The number of hydrogen-bond donors (Lipinski definition) is 0. The average molecular weight is 533 g/mol. The van der Waals surface area contributed by atoms with Gasteiger partial charge in [-0.15, -0.1) is 0 Å². The molecule has 0 radical (unpaired) electrons. The van der Waals surface area contributed by atoms with E-state index in [0.29, 0.717) is 14.9 Å². The first-order valence-corrected chi connectivity index (χ1v) is 9.17. The molecule has 30 heavy (non-hydrogen) atoms. The standard InChI is InChI=1S/C19H9F5IN3O2/c1-8-10(6-9-2-3-12(11(25)7-9)30-5-4-26)19(29)28(27-8)18-16(23)14(21)13(20)15(22)17(18)24/h2-3,6-7H,5H2,1H3/b10-6+. The van der Waals surface area contributed by atoms with E-state index < -0.39 is 40.7 Å². The van der Waals surface area contributed by atoms with E-state index in [4.69, 9.17) is 10.00 Å². The van der Waals surface area contributed by atoms with Gasteiger partial charge in [-0.05, 0) is 53.3 Å². The zero-order chi connectivity index (χ0) is 22.2. The second kappa shape index (κ2) is 8.39. The van der Waals surface area contributed by atoms with Crippen molar-refractivity contribution in [3.05, 3.63) is 62.0 Å². The Bertz CT molecular complexity index is 1140. The molecule has 154 valence electrons. The summed E-state index contributed by atoms with van der Waals surface area (Å²) in [6.45, 7) is 1.20. The highest BCUT2D eigenvalue weighted by atomic mass is 127. The van der Waals surface area contributed by atoms with Crippen molar-refractivity contribution in [1.29, 1.82) is 5.26 Å². The highest BCUT2D eigenvalue weighted by Crippen LogP contribution is 2.34. The summed E-state index contributed by atoms with van der Waals surface area (Å²) in [5.41, 5.74) is -1.04. The van der Waals surface area contributed by atoms with E-state index in [1.807, 2.05) is 28.7 Å². The van der Waals surface area contributed by atoms with Gasteiger partial charge in [0.15, 0.2) is 29.9 Å². The number of halogens is 6. The van der Waals surface area contributed by atoms with Crippen LogP contribution < -0.4 is 9.75 Å². The van der Waals surface area contributed by atoms with E-state index in [9.17, 15) is 26.7 Å². The van der Waals surface area contributed by atoms with Crippen LogP contribution in [0.1, 0.15) is 12.5 Å². The maximum absolute atomic E-state index is 14.1. The highest BCUT2D eigenvalue weighted by Gasteiger charge is 2.37. The fourth-order valence-electron chi connectivity index (χ4n) is 2.62. The maximum Gasteiger partial charge on any atom is 0.280 e. The van der Waals surface area contributed by atoms with E-state index >= 15 is 0 Å². The summed E-state index contributed by atoms with van der Waals surface area (Å²) in [5.74, 6) is -11.6. The molecule has 1 amide bonds. The summed E-state index contributed by atoms with van der Waals surface area (Å²) < 4.78 is 74.2. The van der Waals surface area contributed by atoms with Gasteiger partial charge in [0.2, 0.25) is 5.82 Å². The minimum absolute atomic E-state index is 0.0174. The first-order chi connectivity index (χ1) is 14.2. The van der Waals surface area contributed by atoms with Crippen molar-refractivity contribution in [2.45, 2.75) is 6.92 Å². The van der Waals surface area contributed by atoms with Crippen LogP contribution in [0, 0.1) is 44.0 Å². The van der Waals surface area contributed by atoms with Crippen LogP contribution in [-0.2, 0) is 4.79 Å². The van der Waals surface area contributed by atoms with E-state index in [2.05, 4.69) is 5.10 Å². The van der Waals surface area contributed by atoms with E-state index in [0.717, 1.165) is 0 Å². The number of carbonyl (C=O) groups excluding carboxylic acids is 1. The van der Waals surface area contributed by atoms with Gasteiger partial charge in [0, 0.05) is 0 Å². The lowest BCUT2D eigenvalue weighted by atomic mass is 10.1. The van der Waals surface area contributed by atoms with E-state index in [-0.39, 0.29) is 22.9 Å². The van der Waals surface area contributed by atoms with Crippen molar-refractivity contribution in [2.24, 2.45) is 5.10 Å². The minimum atomic E-state index is -2.33. The van der Waals surface area contributed by atoms with Crippen LogP contribution in [0.2, 0.25) is 0 Å². The van der Waals surface area contributed by atoms with Crippen molar-refractivity contribution in [3.8, 4) is 11.8 Å². The molecule has 0 saturated carbocycles. The van der Waals surface area contributed by atoms with Crippen molar-refractivity contribution in [3.63, 3.8) is 0 Å². The molecule has 1 aliphatic rings. The molecule has 0 spiro atoms. The lowest BCUT2D eigenvalue weighted by molar-refractivity contribution is -0.114. The third-order valence-corrected chi connectivity index (χ3v) is 4.86. The molecule has 0 unspecified atom stereocenters. The number of hydrogen-bond acceptors (Lipinski definition) is 4. The predicted octanol–water partition coefficient (Wildman–Crippen LogP) is 4.70. The van der Waals surface area contributed by atoms with Gasteiger partial charge >= 0.3 is 0 Å². The first-order valence-electron chi connectivity index (χ1n) is 8.09. The van der Waals surface area contributed by atoms with Gasteiger partial charge in [-0.25, -0.2) is 22.0 Å². The monoisotopic (exact) mass is 533 g/mol. The molecule has 11 heteroatoms. The van der Waals surface area contributed by atoms with Crippen LogP contribution in [-0.4, -0.2) is 18.2 Å². The zero-order valence-electron chi connectivity index (χ0n) is 14.9. The molecule has 1 heterocycles. The van der Waals surface area contributed by atoms with Crippen molar-refractivity contribution in [2.75, 3.05) is 11.6 Å². The summed E-state index contributed by atoms with van der Waals surface area (Å²) in [7, 11) is 0. The molecule has 2 aromatic rings. The summed E-state index contributed by atoms with van der Waals surface area (Å²) in [4.78, 5) is 12.6. The van der Waals surface area contributed by atoms with Gasteiger partial charge < -0.3 is 4.74 Å². The van der Waals surface area contributed by atoms with Gasteiger partial charge in [-0.2, -0.15) is 15.4 Å². The Morgan fingerprint density at radius 2 is 1.73 bits per heavy atom. The molecule has 0 fully saturated rings. The van der Waals surface area contributed by atoms with Crippen LogP contribution >= 0.6 is 22.6 Å². The second-order valence-corrected chi connectivity index (χ2v) is 7.08. The fraction of sp³-hybridized carbons (Fsp3) is 0.105. The molecule has 0 atom stereocenters. The molecule has 0 bridgehead atoms. The fourth-order valence-corrected chi connectivity index (χ4v) is 3.31. The number of benzene rings is 2. The van der Waals surface area contributed by atoms with Crippen molar-refractivity contribution < 1.29 is 31.5 Å². The quantitative estimate of drug-likeness (QED) is 0.188. The van der Waals surface area contributed by atoms with Crippen LogP contribution in [0.5, 0.6) is 5.75 Å². The van der Waals surface area contributed by atoms with Gasteiger partial charge in [0.25, 0.3) is 5.91 Å². The number of nitrogens with zero attached hydrogens (tertiary/aromatic N) is 3. The Kier molecular flexibility index (Phi) is 6.06. The summed E-state index contributed by atoms with van der Waals surface area (Å²) in [6, 6.07) is 6.55. The SMILES string of the molecule is CC1=NN(c2c(F)c(F)c(F)c(F)c2F)C(=O)/C1=C/c1ccc(OCC#N)c(I)c1. The number of rotatable bonds is 4. The molecule has 3 rings (SSSR count). The number of nitriles is 1. The van der Waals surface area contributed by atoms with Gasteiger partial charge in [0.1, 0.15) is 17.5 Å². The largest absolute Gasteiger partial charge is 0.478 e. The third-order valence-electron chi connectivity index (χ3n) is 4.02. The Morgan fingerprint density at radius 3 is 2.30 bits per heavy atom. The maximum atomic E-state index is 14.1. The molecular formula is C19H9F5IN3O2. The summed E-state index contributed by atoms with van der Waals surface area (Å²) in [6.07, 6.45) is 1.35. The topological polar surface area (TPSA) is 65.7 Å². The molecule has 0 aliphatic carbocycles. The van der Waals surface area contributed by atoms with Gasteiger partial charge in [-0.1, -0.05) is 6.07 Å². The lowest BCUT2D eigenvalue weighted by Crippen LogP contribution is -2.25. The molecule has 0 aromatic heterocycles. The molecule has 0 N–H and O–H groups in total. The zero-order valence-corrected chi connectivity index (χ0v) is 17.1. The van der Waals surface area contributed by atoms with Crippen LogP contribution in [0.15, 0.2) is 28.9 Å². The number of anilines is 1. The summed E-state index contributed by atoms with van der Waals surface area (Å²) >= 11 is 1.95. The molecule has 5 nitrogen and oxygen atoms in total. The first kappa shape index (κ1) is 21.7. The predicted molar refractivity (Wildman–Crippen MR) is 105 cm³/mol. The Morgan fingerprint density at radius 1 is 1.13 bits per heavy atom. The highest BCUT2D eigenvalue weighted by molar-refractivity contribution is 14.1. The van der Waals surface area contributed by atoms with Crippen LogP contribution in [0.4, 0.5) is 27.6 Å². The number of carbonyl (C=O) groups is 1. The normalized spacial score (nSPS) is 14.9. The number of amides is 1. The second-order valence-electron chi connectivity index (χ2n) is 5.92. The number of hydrazone groups is 1. The Labute approximate surface area is 180 Å². The molecule has 0 saturated heterocycles. The van der Waals surface area contributed by atoms with Crippen LogP contribution in [0.3, 0.4) is 0 Å². The third kappa shape index (κ3) is 3.74. The smallest absolute Gasteiger partial charge is 0.280 e. The van der Waals surface area contributed by atoms with Crippen molar-refractivity contribution in [1.82, 2.24) is 0 Å². The molecule has 1 aliphatic heterocycles. The minimum Gasteiger partial charge on any atom is -0.478 e. The Balaban J connectivity index is 2.00. The van der Waals surface area contributed by atoms with Gasteiger partial charge in [-0.3, -0.25) is 4.79 Å². The molecule has 2 aromatic carbocycles. The number of ether oxygens (including phenoxy) is 1. The van der Waals surface area contributed by atoms with Crippen LogP contribution in [0.25, 0.3) is 6.08 Å². The van der Waals surface area contributed by atoms with E-state index in [1.165, 1.54) is 13.0 Å². The Hall–Kier alpha value is -3.01. The molecular weight excluding hydrogens is 524 g/mol. The summed E-state index contributed by atoms with van der Waals surface area (Å²) in [5, 5.41) is 12.4. The van der Waals surface area contributed by atoms with Crippen molar-refractivity contribution >= 4 is 46.0 Å². The lowest BCUT2D eigenvalue weighted by Gasteiger charge is -2.15.